The minimum Gasteiger partial charge on any atom is -0.476 e. The van der Waals surface area contributed by atoms with Crippen molar-refractivity contribution in [1.29, 1.82) is 0 Å². The topological polar surface area (TPSA) is 34.1 Å². The number of aromatic nitrogens is 1. The minimum atomic E-state index is 0.435. The normalized spacial score (nSPS) is 10.4. The molecule has 0 unspecified atom stereocenters. The molecule has 0 spiro atoms. The van der Waals surface area contributed by atoms with Crippen LogP contribution in [0.5, 0.6) is 5.88 Å². The molecule has 0 aliphatic heterocycles. The van der Waals surface area contributed by atoms with Crippen LogP contribution in [-0.2, 0) is 6.54 Å². The molecule has 6 heteroatoms. The van der Waals surface area contributed by atoms with Gasteiger partial charge in [-0.15, -0.1) is 0 Å². The van der Waals surface area contributed by atoms with E-state index < -0.39 is 0 Å². The summed E-state index contributed by atoms with van der Waals surface area (Å²) < 4.78 is 5.44. The van der Waals surface area contributed by atoms with Gasteiger partial charge in [-0.25, -0.2) is 4.98 Å². The summed E-state index contributed by atoms with van der Waals surface area (Å²) in [5.41, 5.74) is 1.52. The molecule has 1 aromatic carbocycles. The van der Waals surface area contributed by atoms with Gasteiger partial charge in [-0.1, -0.05) is 34.8 Å². The van der Waals surface area contributed by atoms with Crippen molar-refractivity contribution in [3.8, 4) is 5.88 Å². The highest BCUT2D eigenvalue weighted by atomic mass is 35.5. The van der Waals surface area contributed by atoms with E-state index in [0.717, 1.165) is 11.3 Å². The molecule has 2 aromatic rings. The van der Waals surface area contributed by atoms with Crippen molar-refractivity contribution in [3.05, 3.63) is 51.1 Å². The van der Waals surface area contributed by atoms with Gasteiger partial charge in [0.25, 0.3) is 0 Å². The number of halogens is 3. The lowest BCUT2D eigenvalue weighted by molar-refractivity contribution is 0.328. The van der Waals surface area contributed by atoms with E-state index in [2.05, 4.69) is 10.3 Å². The third-order valence-corrected chi connectivity index (χ3v) is 3.84. The van der Waals surface area contributed by atoms with E-state index in [0.29, 0.717) is 34.1 Å². The van der Waals surface area contributed by atoms with E-state index in [1.54, 1.807) is 18.3 Å². The van der Waals surface area contributed by atoms with Crippen LogP contribution in [0, 0.1) is 0 Å². The summed E-state index contributed by atoms with van der Waals surface area (Å²) in [6.45, 7) is 2.89. The van der Waals surface area contributed by atoms with Crippen molar-refractivity contribution in [3.63, 3.8) is 0 Å². The van der Waals surface area contributed by atoms with Crippen LogP contribution in [0.15, 0.2) is 30.5 Å². The zero-order chi connectivity index (χ0) is 14.5. The first-order valence-electron chi connectivity index (χ1n) is 6.07. The summed E-state index contributed by atoms with van der Waals surface area (Å²) in [7, 11) is 0. The summed E-state index contributed by atoms with van der Waals surface area (Å²) in [6.07, 6.45) is 1.68. The van der Waals surface area contributed by atoms with Crippen LogP contribution in [0.1, 0.15) is 12.5 Å². The number of nitrogens with one attached hydrogen (secondary N) is 1. The SMILES string of the molecule is CCOc1ncccc1NCc1c(Cl)ccc(Cl)c1Cl. The minimum absolute atomic E-state index is 0.435. The average Bonchev–Trinajstić information content (AvgIpc) is 2.45. The van der Waals surface area contributed by atoms with Crippen LogP contribution in [0.25, 0.3) is 0 Å². The molecule has 0 saturated heterocycles. The van der Waals surface area contributed by atoms with Crippen LogP contribution in [-0.4, -0.2) is 11.6 Å². The first-order valence-corrected chi connectivity index (χ1v) is 7.21. The van der Waals surface area contributed by atoms with E-state index in [-0.39, 0.29) is 0 Å². The van der Waals surface area contributed by atoms with E-state index in [4.69, 9.17) is 39.5 Å². The highest BCUT2D eigenvalue weighted by Gasteiger charge is 2.11. The Morgan fingerprint density at radius 1 is 1.15 bits per heavy atom. The third kappa shape index (κ3) is 3.48. The number of rotatable bonds is 5. The predicted molar refractivity (Wildman–Crippen MR) is 84.2 cm³/mol. The van der Waals surface area contributed by atoms with Gasteiger partial charge in [0.1, 0.15) is 0 Å². The van der Waals surface area contributed by atoms with E-state index in [1.165, 1.54) is 0 Å². The monoisotopic (exact) mass is 330 g/mol. The Kier molecular flexibility index (Phi) is 5.35. The standard InChI is InChI=1S/C14H13Cl3N2O/c1-2-20-14-12(4-3-7-18-14)19-8-9-10(15)5-6-11(16)13(9)17/h3-7,19H,2,8H2,1H3. The molecule has 0 aliphatic rings. The quantitative estimate of drug-likeness (QED) is 0.778. The Balaban J connectivity index is 2.19. The van der Waals surface area contributed by atoms with Crippen LogP contribution in [0.2, 0.25) is 15.1 Å². The first-order chi connectivity index (χ1) is 9.63. The molecule has 0 saturated carbocycles. The fourth-order valence-corrected chi connectivity index (χ4v) is 2.37. The Morgan fingerprint density at radius 2 is 1.90 bits per heavy atom. The van der Waals surface area contributed by atoms with Crippen molar-refractivity contribution in [2.45, 2.75) is 13.5 Å². The Hall–Kier alpha value is -1.16. The van der Waals surface area contributed by atoms with Crippen LogP contribution < -0.4 is 10.1 Å². The van der Waals surface area contributed by atoms with E-state index in [1.807, 2.05) is 19.1 Å². The van der Waals surface area contributed by atoms with Crippen molar-refractivity contribution >= 4 is 40.5 Å². The number of pyridine rings is 1. The van der Waals surface area contributed by atoms with Gasteiger partial charge < -0.3 is 10.1 Å². The molecule has 3 nitrogen and oxygen atoms in total. The van der Waals surface area contributed by atoms with Crippen molar-refractivity contribution in [1.82, 2.24) is 4.98 Å². The van der Waals surface area contributed by atoms with Crippen LogP contribution >= 0.6 is 34.8 Å². The van der Waals surface area contributed by atoms with Gasteiger partial charge in [0.2, 0.25) is 5.88 Å². The fraction of sp³-hybridized carbons (Fsp3) is 0.214. The maximum Gasteiger partial charge on any atom is 0.237 e. The van der Waals surface area contributed by atoms with Gasteiger partial charge in [-0.05, 0) is 31.2 Å². The summed E-state index contributed by atoms with van der Waals surface area (Å²) in [4.78, 5) is 4.17. The number of hydrogen-bond acceptors (Lipinski definition) is 3. The number of benzene rings is 1. The second-order valence-electron chi connectivity index (χ2n) is 3.96. The predicted octanol–water partition coefficient (Wildman–Crippen LogP) is 5.05. The summed E-state index contributed by atoms with van der Waals surface area (Å²) in [5.74, 6) is 0.546. The molecule has 0 radical (unpaired) electrons. The molecule has 1 heterocycles. The molecule has 2 rings (SSSR count). The molecule has 0 aliphatic carbocycles. The Morgan fingerprint density at radius 3 is 2.65 bits per heavy atom. The smallest absolute Gasteiger partial charge is 0.237 e. The summed E-state index contributed by atoms with van der Waals surface area (Å²) in [5, 5.41) is 4.70. The maximum absolute atomic E-state index is 6.16. The fourth-order valence-electron chi connectivity index (χ4n) is 1.69. The van der Waals surface area contributed by atoms with Crippen LogP contribution in [0.4, 0.5) is 5.69 Å². The van der Waals surface area contributed by atoms with E-state index in [9.17, 15) is 0 Å². The van der Waals surface area contributed by atoms with Gasteiger partial charge in [0.05, 0.1) is 22.3 Å². The Bertz CT molecular complexity index is 605. The zero-order valence-corrected chi connectivity index (χ0v) is 13.1. The van der Waals surface area contributed by atoms with Crippen molar-refractivity contribution in [2.75, 3.05) is 11.9 Å². The summed E-state index contributed by atoms with van der Waals surface area (Å²) in [6, 6.07) is 7.10. The molecule has 1 aromatic heterocycles. The lowest BCUT2D eigenvalue weighted by Crippen LogP contribution is -2.05. The van der Waals surface area contributed by atoms with Crippen molar-refractivity contribution in [2.24, 2.45) is 0 Å². The lowest BCUT2D eigenvalue weighted by atomic mass is 10.2. The number of nitrogens with zero attached hydrogens (tertiary/aromatic N) is 1. The zero-order valence-electron chi connectivity index (χ0n) is 10.8. The molecule has 0 fully saturated rings. The highest BCUT2D eigenvalue weighted by Crippen LogP contribution is 2.32. The number of hydrogen-bond donors (Lipinski definition) is 1. The maximum atomic E-state index is 6.16. The number of anilines is 1. The summed E-state index contributed by atoms with van der Waals surface area (Å²) >= 11 is 18.3. The van der Waals surface area contributed by atoms with Gasteiger partial charge >= 0.3 is 0 Å². The molecular weight excluding hydrogens is 319 g/mol. The van der Waals surface area contributed by atoms with E-state index >= 15 is 0 Å². The molecule has 1 N–H and O–H groups in total. The second kappa shape index (κ2) is 7.02. The van der Waals surface area contributed by atoms with Crippen LogP contribution in [0.3, 0.4) is 0 Å². The van der Waals surface area contributed by atoms with Gasteiger partial charge in [0.15, 0.2) is 0 Å². The molecule has 0 atom stereocenters. The van der Waals surface area contributed by atoms with Gasteiger partial charge in [-0.3, -0.25) is 0 Å². The largest absolute Gasteiger partial charge is 0.476 e. The molecule has 0 bridgehead atoms. The van der Waals surface area contributed by atoms with Gasteiger partial charge in [-0.2, -0.15) is 0 Å². The van der Waals surface area contributed by atoms with Crippen molar-refractivity contribution < 1.29 is 4.74 Å². The second-order valence-corrected chi connectivity index (χ2v) is 5.16. The lowest BCUT2D eigenvalue weighted by Gasteiger charge is -2.13. The third-order valence-electron chi connectivity index (χ3n) is 2.65. The molecular formula is C14H13Cl3N2O. The Labute approximate surface area is 132 Å². The molecule has 0 amide bonds. The molecule has 20 heavy (non-hydrogen) atoms. The average molecular weight is 332 g/mol. The molecule has 106 valence electrons. The van der Waals surface area contributed by atoms with Gasteiger partial charge in [0, 0.05) is 23.3 Å². The highest BCUT2D eigenvalue weighted by molar-refractivity contribution is 6.44. The number of ether oxygens (including phenoxy) is 1. The first kappa shape index (κ1) is 15.2.